The largest absolute Gasteiger partial charge is 0.490 e. The van der Waals surface area contributed by atoms with Crippen LogP contribution in [0.5, 0.6) is 5.75 Å². The third kappa shape index (κ3) is 4.47. The van der Waals surface area contributed by atoms with Crippen LogP contribution in [0.4, 0.5) is 5.69 Å². The number of rotatable bonds is 6. The molecule has 12 heteroatoms. The minimum absolute atomic E-state index is 0.218. The van der Waals surface area contributed by atoms with Crippen molar-refractivity contribution in [3.05, 3.63) is 66.0 Å². The fourth-order valence-electron chi connectivity index (χ4n) is 3.65. The zero-order chi connectivity index (χ0) is 24.6. The van der Waals surface area contributed by atoms with Gasteiger partial charge in [-0.05, 0) is 45.0 Å². The standard InChI is InChI=1S/C23H23N9O2S/c1-13-19-21(27-11-26-13)32(12-28-19)17-9-14(7-8-25-17)22(33)29-23(2,3)10-34-16-6-4-5-15-18(16)20(24)31-35-30-15/h4-9,11-12,30H,10H2,1-3H3,(H2,24,31)(H,29,33). The van der Waals surface area contributed by atoms with Gasteiger partial charge >= 0.3 is 0 Å². The Balaban J connectivity index is 1.32. The molecule has 0 aliphatic carbocycles. The van der Waals surface area contributed by atoms with Gasteiger partial charge in [0.25, 0.3) is 5.91 Å². The van der Waals surface area contributed by atoms with Crippen LogP contribution < -0.4 is 20.5 Å². The second-order valence-electron chi connectivity index (χ2n) is 8.62. The molecular weight excluding hydrogens is 466 g/mol. The van der Waals surface area contributed by atoms with Gasteiger partial charge < -0.3 is 20.5 Å². The summed E-state index contributed by atoms with van der Waals surface area (Å²) in [5.74, 6) is 1.25. The van der Waals surface area contributed by atoms with Gasteiger partial charge in [-0.25, -0.2) is 19.9 Å². The number of carbonyl (C=O) groups excluding carboxylic acids is 1. The van der Waals surface area contributed by atoms with E-state index in [-0.39, 0.29) is 12.5 Å². The van der Waals surface area contributed by atoms with Gasteiger partial charge in [0.1, 0.15) is 42.2 Å². The lowest BCUT2D eigenvalue weighted by atomic mass is 10.1. The summed E-state index contributed by atoms with van der Waals surface area (Å²) < 4.78 is 15.0. The highest BCUT2D eigenvalue weighted by atomic mass is 32.2. The number of aryl methyl sites for hydroxylation is 1. The lowest BCUT2D eigenvalue weighted by Gasteiger charge is -2.27. The normalized spacial score (nSPS) is 13.1. The number of imidazole rings is 1. The van der Waals surface area contributed by atoms with E-state index in [2.05, 4.69) is 34.4 Å². The maximum atomic E-state index is 13.1. The molecular formula is C23H23N9O2S. The first-order valence-corrected chi connectivity index (χ1v) is 11.5. The molecule has 1 aromatic carbocycles. The molecule has 1 aliphatic rings. The molecule has 0 bridgehead atoms. The third-order valence-corrected chi connectivity index (χ3v) is 5.99. The second-order valence-corrected chi connectivity index (χ2v) is 9.19. The second kappa shape index (κ2) is 8.87. The maximum absolute atomic E-state index is 13.1. The summed E-state index contributed by atoms with van der Waals surface area (Å²) in [5, 5.41) is 3.03. The van der Waals surface area contributed by atoms with Crippen molar-refractivity contribution >= 4 is 40.7 Å². The molecule has 5 rings (SSSR count). The quantitative estimate of drug-likeness (QED) is 0.348. The van der Waals surface area contributed by atoms with Gasteiger partial charge in [0, 0.05) is 11.8 Å². The van der Waals surface area contributed by atoms with Gasteiger partial charge in [0.2, 0.25) is 0 Å². The van der Waals surface area contributed by atoms with Crippen LogP contribution in [0.25, 0.3) is 17.0 Å². The van der Waals surface area contributed by atoms with E-state index in [1.807, 2.05) is 39.0 Å². The molecule has 4 aromatic rings. The van der Waals surface area contributed by atoms with Gasteiger partial charge in [-0.3, -0.25) is 9.36 Å². The van der Waals surface area contributed by atoms with Crippen molar-refractivity contribution in [2.24, 2.45) is 10.1 Å². The monoisotopic (exact) mass is 489 g/mol. The summed E-state index contributed by atoms with van der Waals surface area (Å²) in [7, 11) is 0. The number of nitrogens with zero attached hydrogens (tertiary/aromatic N) is 6. The van der Waals surface area contributed by atoms with E-state index in [0.29, 0.717) is 39.7 Å². The van der Waals surface area contributed by atoms with Gasteiger partial charge in [-0.15, -0.1) is 0 Å². The number of amidine groups is 1. The number of pyridine rings is 1. The first kappa shape index (κ1) is 22.6. The molecule has 0 spiro atoms. The van der Waals surface area contributed by atoms with E-state index in [1.165, 1.54) is 18.5 Å². The molecule has 1 amide bonds. The molecule has 0 saturated heterocycles. The predicted octanol–water partition coefficient (Wildman–Crippen LogP) is 2.80. The predicted molar refractivity (Wildman–Crippen MR) is 135 cm³/mol. The highest BCUT2D eigenvalue weighted by Crippen LogP contribution is 2.32. The van der Waals surface area contributed by atoms with E-state index in [4.69, 9.17) is 10.5 Å². The van der Waals surface area contributed by atoms with Crippen molar-refractivity contribution in [3.63, 3.8) is 0 Å². The van der Waals surface area contributed by atoms with Crippen molar-refractivity contribution in [3.8, 4) is 11.6 Å². The fraction of sp³-hybridized carbons (Fsp3) is 0.217. The summed E-state index contributed by atoms with van der Waals surface area (Å²) in [6.45, 7) is 5.86. The zero-order valence-corrected chi connectivity index (χ0v) is 20.1. The highest BCUT2D eigenvalue weighted by molar-refractivity contribution is 7.99. The molecule has 4 N–H and O–H groups in total. The summed E-state index contributed by atoms with van der Waals surface area (Å²) in [6, 6.07) is 8.95. The van der Waals surface area contributed by atoms with Crippen LogP contribution in [0.1, 0.15) is 35.5 Å². The first-order chi connectivity index (χ1) is 16.8. The number of amides is 1. The van der Waals surface area contributed by atoms with Crippen LogP contribution in [0.2, 0.25) is 0 Å². The van der Waals surface area contributed by atoms with E-state index in [1.54, 1.807) is 29.2 Å². The molecule has 0 unspecified atom stereocenters. The number of benzene rings is 1. The molecule has 35 heavy (non-hydrogen) atoms. The van der Waals surface area contributed by atoms with E-state index >= 15 is 0 Å². The molecule has 11 nitrogen and oxygen atoms in total. The average Bonchev–Trinajstić information content (AvgIpc) is 3.28. The fourth-order valence-corrected chi connectivity index (χ4v) is 4.16. The van der Waals surface area contributed by atoms with E-state index < -0.39 is 5.54 Å². The number of nitrogens with two attached hydrogens (primary N) is 1. The van der Waals surface area contributed by atoms with Crippen molar-refractivity contribution in [2.75, 3.05) is 11.3 Å². The Kier molecular flexibility index (Phi) is 5.73. The molecule has 4 heterocycles. The number of hydrogen-bond acceptors (Lipinski definition) is 10. The van der Waals surface area contributed by atoms with Crippen LogP contribution in [0, 0.1) is 6.92 Å². The summed E-state index contributed by atoms with van der Waals surface area (Å²) in [5.41, 5.74) is 9.44. The average molecular weight is 490 g/mol. The Morgan fingerprint density at radius 1 is 1.23 bits per heavy atom. The maximum Gasteiger partial charge on any atom is 0.252 e. The van der Waals surface area contributed by atoms with Crippen molar-refractivity contribution in [1.82, 2.24) is 29.8 Å². The Morgan fingerprint density at radius 2 is 2.09 bits per heavy atom. The van der Waals surface area contributed by atoms with Crippen LogP contribution in [-0.4, -0.2) is 48.4 Å². The summed E-state index contributed by atoms with van der Waals surface area (Å²) in [4.78, 5) is 30.3. The molecule has 0 saturated carbocycles. The van der Waals surface area contributed by atoms with Crippen molar-refractivity contribution in [1.29, 1.82) is 0 Å². The lowest BCUT2D eigenvalue weighted by molar-refractivity contribution is 0.0880. The van der Waals surface area contributed by atoms with Gasteiger partial charge in [0.15, 0.2) is 5.65 Å². The molecule has 0 atom stereocenters. The Hall–Kier alpha value is -4.19. The van der Waals surface area contributed by atoms with E-state index in [9.17, 15) is 4.79 Å². The first-order valence-electron chi connectivity index (χ1n) is 10.8. The van der Waals surface area contributed by atoms with E-state index in [0.717, 1.165) is 11.4 Å². The molecule has 1 aliphatic heterocycles. The number of aromatic nitrogens is 5. The number of hydrogen-bond donors (Lipinski definition) is 3. The van der Waals surface area contributed by atoms with Crippen LogP contribution in [0.3, 0.4) is 0 Å². The number of nitrogens with one attached hydrogen (secondary N) is 2. The SMILES string of the molecule is Cc1ncnc2c1ncn2-c1cc(C(=O)NC(C)(C)COc2cccc3c2C(N)=NSN3)ccn1. The van der Waals surface area contributed by atoms with Crippen molar-refractivity contribution < 1.29 is 9.53 Å². The molecule has 178 valence electrons. The number of anilines is 1. The Morgan fingerprint density at radius 3 is 2.94 bits per heavy atom. The van der Waals surface area contributed by atoms with Gasteiger partial charge in [-0.2, -0.15) is 4.40 Å². The smallest absolute Gasteiger partial charge is 0.252 e. The molecule has 0 radical (unpaired) electrons. The third-order valence-electron chi connectivity index (χ3n) is 5.39. The van der Waals surface area contributed by atoms with Gasteiger partial charge in [0.05, 0.1) is 34.6 Å². The molecule has 0 fully saturated rings. The van der Waals surface area contributed by atoms with Gasteiger partial charge in [-0.1, -0.05) is 6.07 Å². The number of ether oxygens (including phenoxy) is 1. The van der Waals surface area contributed by atoms with Crippen LogP contribution in [-0.2, 0) is 0 Å². The number of fused-ring (bicyclic) bond motifs is 2. The lowest BCUT2D eigenvalue weighted by Crippen LogP contribution is -2.48. The van der Waals surface area contributed by atoms with Crippen LogP contribution in [0.15, 0.2) is 53.6 Å². The molecule has 3 aromatic heterocycles. The summed E-state index contributed by atoms with van der Waals surface area (Å²) in [6.07, 6.45) is 4.68. The van der Waals surface area contributed by atoms with Crippen molar-refractivity contribution in [2.45, 2.75) is 26.3 Å². The minimum atomic E-state index is -0.683. The van der Waals surface area contributed by atoms with Crippen LogP contribution >= 0.6 is 12.1 Å². The summed E-state index contributed by atoms with van der Waals surface area (Å²) >= 11 is 1.17. The topological polar surface area (TPSA) is 145 Å². The Bertz CT molecular complexity index is 1460. The highest BCUT2D eigenvalue weighted by Gasteiger charge is 2.25. The number of carbonyl (C=O) groups is 1. The Labute approximate surface area is 205 Å². The zero-order valence-electron chi connectivity index (χ0n) is 19.3. The minimum Gasteiger partial charge on any atom is -0.490 e.